The molecule has 0 atom stereocenters. The van der Waals surface area contributed by atoms with Crippen LogP contribution in [0.25, 0.3) is 0 Å². The van der Waals surface area contributed by atoms with Gasteiger partial charge in [-0.25, -0.2) is 0 Å². The second-order valence-electron chi connectivity index (χ2n) is 6.08. The Bertz CT molecular complexity index is 632. The molecule has 2 saturated heterocycles. The largest absolute Gasteiger partial charge is 0.375 e. The molecule has 2 aliphatic heterocycles. The lowest BCUT2D eigenvalue weighted by atomic mass is 10.0. The van der Waals surface area contributed by atoms with Gasteiger partial charge in [0.2, 0.25) is 5.91 Å². The zero-order chi connectivity index (χ0) is 17.2. The molecule has 0 aromatic heterocycles. The summed E-state index contributed by atoms with van der Waals surface area (Å²) >= 11 is 5.29. The number of likely N-dealkylation sites (tertiary alicyclic amines) is 1. The third-order valence-corrected chi connectivity index (χ3v) is 6.71. The van der Waals surface area contributed by atoms with Gasteiger partial charge in [-0.3, -0.25) is 9.59 Å². The Hall–Kier alpha value is -1.05. The zero-order valence-corrected chi connectivity index (χ0v) is 16.1. The molecule has 1 aromatic rings. The highest BCUT2D eigenvalue weighted by atomic mass is 79.9. The normalized spacial score (nSPS) is 19.8. The summed E-state index contributed by atoms with van der Waals surface area (Å²) in [4.78, 5) is 28.6. The van der Waals surface area contributed by atoms with Crippen LogP contribution in [-0.4, -0.2) is 65.6 Å². The van der Waals surface area contributed by atoms with Crippen LogP contribution in [0.1, 0.15) is 23.2 Å². The third kappa shape index (κ3) is 3.48. The van der Waals surface area contributed by atoms with Crippen LogP contribution in [0.15, 0.2) is 28.7 Å². The van der Waals surface area contributed by atoms with Crippen LogP contribution in [0.4, 0.5) is 0 Å². The summed E-state index contributed by atoms with van der Waals surface area (Å²) in [5.74, 6) is 1.06. The Kier molecular flexibility index (Phi) is 5.52. The first-order chi connectivity index (χ1) is 11.6. The Morgan fingerprint density at radius 1 is 1.29 bits per heavy atom. The molecular weight excluding hydrogens is 392 g/mol. The third-order valence-electron chi connectivity index (χ3n) is 4.66. The van der Waals surface area contributed by atoms with Gasteiger partial charge < -0.3 is 14.5 Å². The fourth-order valence-corrected chi connectivity index (χ4v) is 5.26. The van der Waals surface area contributed by atoms with Gasteiger partial charge in [-0.15, -0.1) is 11.8 Å². The molecule has 0 radical (unpaired) electrons. The quantitative estimate of drug-likeness (QED) is 0.765. The Morgan fingerprint density at radius 3 is 2.71 bits per heavy atom. The van der Waals surface area contributed by atoms with E-state index in [1.807, 2.05) is 45.8 Å². The van der Waals surface area contributed by atoms with E-state index in [2.05, 4.69) is 15.9 Å². The number of amides is 2. The van der Waals surface area contributed by atoms with E-state index in [-0.39, 0.29) is 23.3 Å². The molecule has 3 rings (SSSR count). The van der Waals surface area contributed by atoms with Crippen molar-refractivity contribution in [2.45, 2.75) is 17.7 Å². The molecule has 2 amide bonds. The fourth-order valence-electron chi connectivity index (χ4n) is 3.41. The molecule has 5 nitrogen and oxygen atoms in total. The van der Waals surface area contributed by atoms with E-state index in [0.717, 1.165) is 29.6 Å². The first-order valence-electron chi connectivity index (χ1n) is 8.04. The minimum atomic E-state index is -0.177. The van der Waals surface area contributed by atoms with Crippen LogP contribution >= 0.6 is 27.7 Å². The van der Waals surface area contributed by atoms with Gasteiger partial charge in [0.1, 0.15) is 6.61 Å². The maximum atomic E-state index is 13.0. The van der Waals surface area contributed by atoms with Crippen molar-refractivity contribution in [1.29, 1.82) is 0 Å². The molecular formula is C17H21BrN2O3S. The summed E-state index contributed by atoms with van der Waals surface area (Å²) in [5.41, 5.74) is 0.712. The SMILES string of the molecule is COCC(=O)N1CCC2(CC1)SCCN2C(=O)c1cccc(Br)c1. The number of hydrogen-bond acceptors (Lipinski definition) is 4. The number of halogens is 1. The molecule has 24 heavy (non-hydrogen) atoms. The molecule has 0 unspecified atom stereocenters. The van der Waals surface area contributed by atoms with Gasteiger partial charge in [0.15, 0.2) is 0 Å². The molecule has 0 aliphatic carbocycles. The van der Waals surface area contributed by atoms with E-state index in [9.17, 15) is 9.59 Å². The molecule has 0 N–H and O–H groups in total. The number of benzene rings is 1. The van der Waals surface area contributed by atoms with Crippen molar-refractivity contribution >= 4 is 39.5 Å². The lowest BCUT2D eigenvalue weighted by Gasteiger charge is -2.44. The van der Waals surface area contributed by atoms with E-state index >= 15 is 0 Å². The minimum Gasteiger partial charge on any atom is -0.375 e. The highest BCUT2D eigenvalue weighted by Gasteiger charge is 2.47. The molecule has 1 spiro atoms. The van der Waals surface area contributed by atoms with Gasteiger partial charge in [0, 0.05) is 42.5 Å². The van der Waals surface area contributed by atoms with Gasteiger partial charge in [-0.05, 0) is 31.0 Å². The van der Waals surface area contributed by atoms with Crippen LogP contribution in [-0.2, 0) is 9.53 Å². The molecule has 2 heterocycles. The van der Waals surface area contributed by atoms with Crippen molar-refractivity contribution in [2.24, 2.45) is 0 Å². The summed E-state index contributed by atoms with van der Waals surface area (Å²) in [6.45, 7) is 2.25. The van der Waals surface area contributed by atoms with Gasteiger partial charge in [0.25, 0.3) is 5.91 Å². The first-order valence-corrected chi connectivity index (χ1v) is 9.82. The Labute approximate surface area is 154 Å². The van der Waals surface area contributed by atoms with Crippen molar-refractivity contribution in [3.63, 3.8) is 0 Å². The van der Waals surface area contributed by atoms with Crippen LogP contribution in [0.5, 0.6) is 0 Å². The number of ether oxygens (including phenoxy) is 1. The van der Waals surface area contributed by atoms with Crippen LogP contribution in [0, 0.1) is 0 Å². The predicted molar refractivity (Wildman–Crippen MR) is 98.1 cm³/mol. The summed E-state index contributed by atoms with van der Waals surface area (Å²) < 4.78 is 5.85. The van der Waals surface area contributed by atoms with Gasteiger partial charge in [-0.2, -0.15) is 0 Å². The molecule has 0 bridgehead atoms. The average Bonchev–Trinajstić information content (AvgIpc) is 2.98. The van der Waals surface area contributed by atoms with Gasteiger partial charge >= 0.3 is 0 Å². The molecule has 2 aliphatic rings. The highest BCUT2D eigenvalue weighted by Crippen LogP contribution is 2.44. The lowest BCUT2D eigenvalue weighted by Crippen LogP contribution is -2.54. The Morgan fingerprint density at radius 2 is 2.04 bits per heavy atom. The number of piperidine rings is 1. The van der Waals surface area contributed by atoms with Crippen LogP contribution < -0.4 is 0 Å². The molecule has 2 fully saturated rings. The second-order valence-corrected chi connectivity index (χ2v) is 8.45. The summed E-state index contributed by atoms with van der Waals surface area (Å²) in [7, 11) is 1.54. The summed E-state index contributed by atoms with van der Waals surface area (Å²) in [6, 6.07) is 7.54. The minimum absolute atomic E-state index is 0.0280. The number of carbonyl (C=O) groups is 2. The number of carbonyl (C=O) groups excluding carboxylic acids is 2. The lowest BCUT2D eigenvalue weighted by molar-refractivity contribution is -0.136. The standard InChI is InChI=1S/C17H21BrN2O3S/c1-23-12-15(21)19-7-5-17(6-8-19)20(9-10-24-17)16(22)13-3-2-4-14(18)11-13/h2-4,11H,5-10,12H2,1H3. The Balaban J connectivity index is 1.72. The number of thioether (sulfide) groups is 1. The number of rotatable bonds is 3. The monoisotopic (exact) mass is 412 g/mol. The van der Waals surface area contributed by atoms with E-state index in [0.29, 0.717) is 18.7 Å². The number of nitrogens with zero attached hydrogens (tertiary/aromatic N) is 2. The molecule has 1 aromatic carbocycles. The second kappa shape index (κ2) is 7.45. The first kappa shape index (κ1) is 17.8. The van der Waals surface area contributed by atoms with Crippen molar-refractivity contribution in [1.82, 2.24) is 9.80 Å². The van der Waals surface area contributed by atoms with Crippen LogP contribution in [0.2, 0.25) is 0 Å². The van der Waals surface area contributed by atoms with Crippen LogP contribution in [0.3, 0.4) is 0 Å². The van der Waals surface area contributed by atoms with E-state index < -0.39 is 0 Å². The van der Waals surface area contributed by atoms with Crippen molar-refractivity contribution in [2.75, 3.05) is 39.1 Å². The van der Waals surface area contributed by atoms with Crippen molar-refractivity contribution < 1.29 is 14.3 Å². The van der Waals surface area contributed by atoms with E-state index in [1.54, 1.807) is 0 Å². The van der Waals surface area contributed by atoms with Gasteiger partial charge in [-0.1, -0.05) is 22.0 Å². The smallest absolute Gasteiger partial charge is 0.255 e. The van der Waals surface area contributed by atoms with Crippen molar-refractivity contribution in [3.8, 4) is 0 Å². The number of methoxy groups -OCH3 is 1. The topological polar surface area (TPSA) is 49.9 Å². The van der Waals surface area contributed by atoms with Crippen molar-refractivity contribution in [3.05, 3.63) is 34.3 Å². The number of hydrogen-bond donors (Lipinski definition) is 0. The molecule has 0 saturated carbocycles. The molecule has 7 heteroatoms. The maximum Gasteiger partial charge on any atom is 0.255 e. The van der Waals surface area contributed by atoms with E-state index in [4.69, 9.17) is 4.74 Å². The summed E-state index contributed by atoms with van der Waals surface area (Å²) in [5, 5.41) is 0. The summed E-state index contributed by atoms with van der Waals surface area (Å²) in [6.07, 6.45) is 1.62. The fraction of sp³-hybridized carbons (Fsp3) is 0.529. The maximum absolute atomic E-state index is 13.0. The highest BCUT2D eigenvalue weighted by molar-refractivity contribution is 9.10. The van der Waals surface area contributed by atoms with Gasteiger partial charge in [0.05, 0.1) is 4.87 Å². The van der Waals surface area contributed by atoms with E-state index in [1.165, 1.54) is 7.11 Å². The average molecular weight is 413 g/mol. The molecule has 130 valence electrons. The predicted octanol–water partition coefficient (Wildman–Crippen LogP) is 2.60. The zero-order valence-electron chi connectivity index (χ0n) is 13.7.